The summed E-state index contributed by atoms with van der Waals surface area (Å²) in [6, 6.07) is 15.3. The fourth-order valence-electron chi connectivity index (χ4n) is 5.00. The Bertz CT molecular complexity index is 1100. The van der Waals surface area contributed by atoms with Crippen molar-refractivity contribution in [1.29, 1.82) is 0 Å². The minimum atomic E-state index is -1.26. The summed E-state index contributed by atoms with van der Waals surface area (Å²) in [5, 5.41) is 15.6. The molecule has 2 aromatic rings. The van der Waals surface area contributed by atoms with Crippen LogP contribution in [-0.4, -0.2) is 76.6 Å². The predicted octanol–water partition coefficient (Wildman–Crippen LogP) is 4.25. The molecule has 2 aromatic carbocycles. The van der Waals surface area contributed by atoms with Crippen LogP contribution in [0, 0.1) is 11.7 Å². The van der Waals surface area contributed by atoms with Crippen LogP contribution >= 0.6 is 0 Å². The maximum absolute atomic E-state index is 15.4. The summed E-state index contributed by atoms with van der Waals surface area (Å²) in [5.74, 6) is -2.39. The first-order chi connectivity index (χ1) is 17.7. The quantitative estimate of drug-likeness (QED) is 0.511. The van der Waals surface area contributed by atoms with Gasteiger partial charge in [-0.2, -0.15) is 0 Å². The normalized spacial score (nSPS) is 20.1. The zero-order valence-electron chi connectivity index (χ0n) is 21.2. The Morgan fingerprint density at radius 1 is 0.973 bits per heavy atom. The molecule has 3 heterocycles. The van der Waals surface area contributed by atoms with E-state index in [1.165, 1.54) is 6.07 Å². The summed E-state index contributed by atoms with van der Waals surface area (Å²) in [6.07, 6.45) is 3.44. The van der Waals surface area contributed by atoms with Crippen LogP contribution in [0.4, 0.5) is 15.8 Å². The molecule has 2 bridgehead atoms. The number of carboxylic acid groups (broad SMARTS) is 2. The molecule has 0 spiro atoms. The van der Waals surface area contributed by atoms with Crippen molar-refractivity contribution < 1.29 is 29.0 Å². The molecule has 1 unspecified atom stereocenters. The second kappa shape index (κ2) is 13.0. The Kier molecular flexibility index (Phi) is 9.79. The number of fused-ring (bicyclic) bond motifs is 3. The number of carbonyl (C=O) groups is 3. The average Bonchev–Trinajstić information content (AvgIpc) is 2.91. The van der Waals surface area contributed by atoms with E-state index >= 15 is 4.39 Å². The summed E-state index contributed by atoms with van der Waals surface area (Å²) in [7, 11) is 0. The van der Waals surface area contributed by atoms with Crippen LogP contribution in [0.25, 0.3) is 0 Å². The first kappa shape index (κ1) is 27.9. The number of carbonyl (C=O) groups excluding carboxylic acids is 1. The number of amides is 1. The minimum Gasteiger partial charge on any atom is -0.478 e. The van der Waals surface area contributed by atoms with Gasteiger partial charge < -0.3 is 24.9 Å². The highest BCUT2D eigenvalue weighted by atomic mass is 19.1. The average molecular weight is 512 g/mol. The highest BCUT2D eigenvalue weighted by Crippen LogP contribution is 2.39. The largest absolute Gasteiger partial charge is 0.478 e. The third-order valence-corrected chi connectivity index (χ3v) is 6.86. The topological polar surface area (TPSA) is 101 Å². The van der Waals surface area contributed by atoms with Crippen LogP contribution in [0.1, 0.15) is 37.0 Å². The first-order valence-electron chi connectivity index (χ1n) is 12.5. The molecule has 1 atom stereocenters. The number of para-hydroxylation sites is 1. The van der Waals surface area contributed by atoms with Gasteiger partial charge in [0.25, 0.3) is 5.91 Å². The number of hydrogen-bond donors (Lipinski definition) is 2. The van der Waals surface area contributed by atoms with Gasteiger partial charge in [0.05, 0.1) is 5.69 Å². The second-order valence-corrected chi connectivity index (χ2v) is 9.06. The van der Waals surface area contributed by atoms with Crippen LogP contribution in [0.3, 0.4) is 0 Å². The molecule has 8 nitrogen and oxygen atoms in total. The lowest BCUT2D eigenvalue weighted by molar-refractivity contribution is -0.134. The van der Waals surface area contributed by atoms with Crippen molar-refractivity contribution in [3.05, 3.63) is 72.1 Å². The molecule has 0 radical (unpaired) electrons. The molecule has 2 N–H and O–H groups in total. The number of piperidine rings is 3. The summed E-state index contributed by atoms with van der Waals surface area (Å²) >= 11 is 0. The lowest BCUT2D eigenvalue weighted by Gasteiger charge is -2.49. The SMILES string of the molecule is CCN(CC)C(=O)c1ccc(N(c2ccccc2)C2CN3CCC2CC3)c(F)c1.O=C(O)/C=C/C(=O)O. The third-order valence-electron chi connectivity index (χ3n) is 6.86. The number of rotatable bonds is 8. The standard InChI is InChI=1S/C24H30FN3O.C4H4O4/c1-3-27(4-2)24(29)19-10-11-22(21(25)16-19)28(20-8-6-5-7-9-20)23-17-26-14-12-18(23)13-15-26;5-3(6)1-2-4(7)8/h5-11,16,18,23H,3-4,12-15,17H2,1-2H3;1-2H,(H,5,6)(H,7,8)/b;2-1+. The van der Waals surface area contributed by atoms with Crippen LogP contribution < -0.4 is 4.90 Å². The van der Waals surface area contributed by atoms with Gasteiger partial charge in [0.1, 0.15) is 5.82 Å². The van der Waals surface area contributed by atoms with Gasteiger partial charge in [-0.15, -0.1) is 0 Å². The molecule has 198 valence electrons. The molecule has 3 aliphatic rings. The summed E-state index contributed by atoms with van der Waals surface area (Å²) < 4.78 is 15.4. The maximum atomic E-state index is 15.4. The van der Waals surface area contributed by atoms with E-state index in [1.54, 1.807) is 17.0 Å². The molecule has 3 aliphatic heterocycles. The molecule has 0 aromatic heterocycles. The summed E-state index contributed by atoms with van der Waals surface area (Å²) in [5.41, 5.74) is 1.98. The van der Waals surface area contributed by atoms with E-state index in [-0.39, 0.29) is 17.8 Å². The van der Waals surface area contributed by atoms with Crippen molar-refractivity contribution in [3.63, 3.8) is 0 Å². The number of benzene rings is 2. The zero-order valence-corrected chi connectivity index (χ0v) is 21.2. The van der Waals surface area contributed by atoms with Crippen molar-refractivity contribution in [2.24, 2.45) is 5.92 Å². The number of aliphatic carboxylic acids is 2. The number of carboxylic acids is 2. The summed E-state index contributed by atoms with van der Waals surface area (Å²) in [4.78, 5) is 38.1. The molecule has 0 saturated carbocycles. The van der Waals surface area contributed by atoms with Gasteiger partial charge in [-0.1, -0.05) is 18.2 Å². The fraction of sp³-hybridized carbons (Fsp3) is 0.393. The number of halogens is 1. The monoisotopic (exact) mass is 511 g/mol. The van der Waals surface area contributed by atoms with Gasteiger partial charge >= 0.3 is 11.9 Å². The maximum Gasteiger partial charge on any atom is 0.328 e. The predicted molar refractivity (Wildman–Crippen MR) is 140 cm³/mol. The van der Waals surface area contributed by atoms with E-state index in [0.29, 0.717) is 42.4 Å². The molecular formula is C28H34FN3O5. The molecule has 3 fully saturated rings. The fourth-order valence-corrected chi connectivity index (χ4v) is 5.00. The highest BCUT2D eigenvalue weighted by Gasteiger charge is 2.39. The van der Waals surface area contributed by atoms with Gasteiger partial charge in [-0.05, 0) is 76.0 Å². The van der Waals surface area contributed by atoms with E-state index < -0.39 is 11.9 Å². The van der Waals surface area contributed by atoms with E-state index in [9.17, 15) is 14.4 Å². The second-order valence-electron chi connectivity index (χ2n) is 9.06. The Labute approximate surface area is 216 Å². The Morgan fingerprint density at radius 2 is 1.57 bits per heavy atom. The smallest absolute Gasteiger partial charge is 0.328 e. The highest BCUT2D eigenvalue weighted by molar-refractivity contribution is 5.94. The zero-order chi connectivity index (χ0) is 26.9. The lowest BCUT2D eigenvalue weighted by atomic mass is 9.82. The van der Waals surface area contributed by atoms with Crippen LogP contribution in [-0.2, 0) is 9.59 Å². The third kappa shape index (κ3) is 7.16. The minimum absolute atomic E-state index is 0.116. The Morgan fingerprint density at radius 3 is 2.03 bits per heavy atom. The van der Waals surface area contributed by atoms with E-state index in [1.807, 2.05) is 44.2 Å². The molecule has 37 heavy (non-hydrogen) atoms. The summed E-state index contributed by atoms with van der Waals surface area (Å²) in [6.45, 7) is 8.36. The molecule has 0 aliphatic carbocycles. The first-order valence-corrected chi connectivity index (χ1v) is 12.5. The van der Waals surface area contributed by atoms with E-state index in [2.05, 4.69) is 9.80 Å². The van der Waals surface area contributed by atoms with Crippen molar-refractivity contribution in [3.8, 4) is 0 Å². The Balaban J connectivity index is 0.000000414. The van der Waals surface area contributed by atoms with E-state index in [0.717, 1.165) is 38.2 Å². The van der Waals surface area contributed by atoms with Gasteiger partial charge in [0.15, 0.2) is 0 Å². The van der Waals surface area contributed by atoms with Gasteiger partial charge in [0.2, 0.25) is 0 Å². The van der Waals surface area contributed by atoms with Crippen LogP contribution in [0.5, 0.6) is 0 Å². The van der Waals surface area contributed by atoms with Crippen molar-refractivity contribution in [1.82, 2.24) is 9.80 Å². The van der Waals surface area contributed by atoms with Crippen molar-refractivity contribution >= 4 is 29.2 Å². The number of hydrogen-bond acceptors (Lipinski definition) is 5. The molecule has 3 saturated heterocycles. The van der Waals surface area contributed by atoms with Gasteiger partial charge in [-0.3, -0.25) is 4.79 Å². The van der Waals surface area contributed by atoms with Crippen molar-refractivity contribution in [2.75, 3.05) is 37.6 Å². The van der Waals surface area contributed by atoms with E-state index in [4.69, 9.17) is 10.2 Å². The lowest BCUT2D eigenvalue weighted by Crippen LogP contribution is -2.56. The van der Waals surface area contributed by atoms with Crippen molar-refractivity contribution in [2.45, 2.75) is 32.7 Å². The van der Waals surface area contributed by atoms with Gasteiger partial charge in [0, 0.05) is 49.1 Å². The van der Waals surface area contributed by atoms with Crippen LogP contribution in [0.15, 0.2) is 60.7 Å². The molecule has 9 heteroatoms. The van der Waals surface area contributed by atoms with Crippen LogP contribution in [0.2, 0.25) is 0 Å². The Hall–Kier alpha value is -3.72. The number of anilines is 2. The molecule has 1 amide bonds. The number of nitrogens with zero attached hydrogens (tertiary/aromatic N) is 3. The van der Waals surface area contributed by atoms with Gasteiger partial charge in [-0.25, -0.2) is 14.0 Å². The molecular weight excluding hydrogens is 477 g/mol. The molecule has 5 rings (SSSR count).